The number of rotatable bonds is 2. The normalized spacial score (nSPS) is 11.4. The van der Waals surface area contributed by atoms with E-state index in [-0.39, 0.29) is 11.3 Å². The molecule has 0 atom stereocenters. The van der Waals surface area contributed by atoms with Crippen molar-refractivity contribution in [3.63, 3.8) is 0 Å². The summed E-state index contributed by atoms with van der Waals surface area (Å²) in [5, 5.41) is 18.0. The van der Waals surface area contributed by atoms with Crippen molar-refractivity contribution in [2.75, 3.05) is 0 Å². The molecule has 0 heterocycles. The van der Waals surface area contributed by atoms with Crippen molar-refractivity contribution in [1.82, 2.24) is 0 Å². The van der Waals surface area contributed by atoms with Crippen molar-refractivity contribution in [3.05, 3.63) is 34.4 Å². The van der Waals surface area contributed by atoms with Gasteiger partial charge in [-0.2, -0.15) is 0 Å². The fourth-order valence-electron chi connectivity index (χ4n) is 0.928. The van der Waals surface area contributed by atoms with Gasteiger partial charge in [-0.3, -0.25) is 0 Å². The van der Waals surface area contributed by atoms with Gasteiger partial charge >= 0.3 is 5.97 Å². The summed E-state index contributed by atoms with van der Waals surface area (Å²) in [4.78, 5) is 10.5. The lowest BCUT2D eigenvalue weighted by Gasteiger charge is -2.00. The third kappa shape index (κ3) is 2.50. The standard InChI is InChI=1S/C10H9ClO3/c1-6(10(13)14)4-7-2-3-8(12)5-9(7)11/h2-5,12H,1H3,(H,13,14). The Morgan fingerprint density at radius 3 is 2.64 bits per heavy atom. The van der Waals surface area contributed by atoms with Crippen molar-refractivity contribution >= 4 is 23.6 Å². The van der Waals surface area contributed by atoms with Gasteiger partial charge in [0, 0.05) is 5.57 Å². The van der Waals surface area contributed by atoms with Crippen LogP contribution in [0.15, 0.2) is 23.8 Å². The van der Waals surface area contributed by atoms with Crippen molar-refractivity contribution < 1.29 is 15.0 Å². The van der Waals surface area contributed by atoms with Gasteiger partial charge in [0.15, 0.2) is 0 Å². The molecule has 4 heteroatoms. The predicted octanol–water partition coefficient (Wildman–Crippen LogP) is 2.53. The van der Waals surface area contributed by atoms with Crippen LogP contribution in [0.2, 0.25) is 5.02 Å². The van der Waals surface area contributed by atoms with Gasteiger partial charge in [-0.05, 0) is 36.8 Å². The van der Waals surface area contributed by atoms with Gasteiger partial charge in [-0.1, -0.05) is 11.6 Å². The number of aromatic hydroxyl groups is 1. The van der Waals surface area contributed by atoms with E-state index >= 15 is 0 Å². The van der Waals surface area contributed by atoms with Gasteiger partial charge in [0.25, 0.3) is 0 Å². The number of phenolic OH excluding ortho intramolecular Hbond substituents is 1. The average molecular weight is 213 g/mol. The summed E-state index contributed by atoms with van der Waals surface area (Å²) in [6.07, 6.45) is 1.45. The molecule has 0 aliphatic carbocycles. The zero-order valence-electron chi connectivity index (χ0n) is 7.49. The molecule has 2 N–H and O–H groups in total. The molecule has 0 spiro atoms. The van der Waals surface area contributed by atoms with Crippen LogP contribution in [0.5, 0.6) is 5.75 Å². The lowest BCUT2D eigenvalue weighted by Crippen LogP contribution is -1.95. The maximum Gasteiger partial charge on any atom is 0.331 e. The maximum atomic E-state index is 10.5. The third-order valence-corrected chi connectivity index (χ3v) is 2.02. The molecule has 74 valence electrons. The molecule has 1 aromatic carbocycles. The molecule has 0 amide bonds. The number of benzene rings is 1. The quantitative estimate of drug-likeness (QED) is 0.741. The lowest BCUT2D eigenvalue weighted by molar-refractivity contribution is -0.132. The van der Waals surface area contributed by atoms with E-state index in [0.29, 0.717) is 10.6 Å². The van der Waals surface area contributed by atoms with Crippen molar-refractivity contribution in [2.45, 2.75) is 6.92 Å². The first-order valence-corrected chi connectivity index (χ1v) is 4.28. The number of phenols is 1. The first-order valence-electron chi connectivity index (χ1n) is 3.91. The fraction of sp³-hybridized carbons (Fsp3) is 0.100. The summed E-state index contributed by atoms with van der Waals surface area (Å²) in [5.74, 6) is -0.936. The molecule has 0 fully saturated rings. The van der Waals surface area contributed by atoms with Crippen LogP contribution in [0.25, 0.3) is 6.08 Å². The molecule has 0 unspecified atom stereocenters. The molecule has 0 aliphatic rings. The molecular formula is C10H9ClO3. The van der Waals surface area contributed by atoms with Crippen LogP contribution in [-0.2, 0) is 4.79 Å². The second-order valence-corrected chi connectivity index (χ2v) is 3.25. The highest BCUT2D eigenvalue weighted by Crippen LogP contribution is 2.23. The van der Waals surface area contributed by atoms with Crippen LogP contribution in [0.1, 0.15) is 12.5 Å². The first-order chi connectivity index (χ1) is 6.50. The average Bonchev–Trinajstić information content (AvgIpc) is 2.09. The smallest absolute Gasteiger partial charge is 0.331 e. The van der Waals surface area contributed by atoms with E-state index in [1.165, 1.54) is 25.1 Å². The summed E-state index contributed by atoms with van der Waals surface area (Å²) in [7, 11) is 0. The molecule has 0 saturated carbocycles. The topological polar surface area (TPSA) is 57.5 Å². The third-order valence-electron chi connectivity index (χ3n) is 1.69. The molecule has 0 radical (unpaired) electrons. The fourth-order valence-corrected chi connectivity index (χ4v) is 1.16. The van der Waals surface area contributed by atoms with Gasteiger partial charge in [0.05, 0.1) is 5.02 Å². The van der Waals surface area contributed by atoms with Gasteiger partial charge in [0.2, 0.25) is 0 Å². The molecule has 0 aromatic heterocycles. The highest BCUT2D eigenvalue weighted by molar-refractivity contribution is 6.32. The van der Waals surface area contributed by atoms with E-state index in [9.17, 15) is 4.79 Å². The Balaban J connectivity index is 3.09. The van der Waals surface area contributed by atoms with Gasteiger partial charge in [0.1, 0.15) is 5.75 Å². The van der Waals surface area contributed by atoms with Gasteiger partial charge in [-0.25, -0.2) is 4.79 Å². The maximum absolute atomic E-state index is 10.5. The molecule has 14 heavy (non-hydrogen) atoms. The molecule has 0 bridgehead atoms. The van der Waals surface area contributed by atoms with Crippen LogP contribution in [0.4, 0.5) is 0 Å². The Bertz CT molecular complexity index is 396. The Morgan fingerprint density at radius 1 is 1.50 bits per heavy atom. The number of carboxylic acid groups (broad SMARTS) is 1. The molecular weight excluding hydrogens is 204 g/mol. The van der Waals surface area contributed by atoms with Crippen molar-refractivity contribution in [3.8, 4) is 5.75 Å². The summed E-state index contributed by atoms with van der Waals surface area (Å²) in [5.41, 5.74) is 0.766. The largest absolute Gasteiger partial charge is 0.508 e. The van der Waals surface area contributed by atoms with Gasteiger partial charge < -0.3 is 10.2 Å². The SMILES string of the molecule is CC(=Cc1ccc(O)cc1Cl)C(=O)O. The summed E-state index contributed by atoms with van der Waals surface area (Å²) < 4.78 is 0. The number of aliphatic carboxylic acids is 1. The van der Waals surface area contributed by atoms with E-state index in [0.717, 1.165) is 0 Å². The molecule has 0 aliphatic heterocycles. The second-order valence-electron chi connectivity index (χ2n) is 2.84. The molecule has 1 rings (SSSR count). The van der Waals surface area contributed by atoms with Crippen LogP contribution in [-0.4, -0.2) is 16.2 Å². The van der Waals surface area contributed by atoms with E-state index < -0.39 is 5.97 Å². The molecule has 0 saturated heterocycles. The number of hydrogen-bond acceptors (Lipinski definition) is 2. The number of carbonyl (C=O) groups is 1. The number of halogens is 1. The van der Waals surface area contributed by atoms with E-state index in [1.807, 2.05) is 0 Å². The van der Waals surface area contributed by atoms with E-state index in [2.05, 4.69) is 0 Å². The van der Waals surface area contributed by atoms with E-state index in [1.54, 1.807) is 6.07 Å². The summed E-state index contributed by atoms with van der Waals surface area (Å²) >= 11 is 5.78. The Hall–Kier alpha value is -1.48. The summed E-state index contributed by atoms with van der Waals surface area (Å²) in [6.45, 7) is 1.48. The minimum atomic E-state index is -0.992. The van der Waals surface area contributed by atoms with Crippen LogP contribution in [0, 0.1) is 0 Å². The highest BCUT2D eigenvalue weighted by atomic mass is 35.5. The first kappa shape index (κ1) is 10.6. The van der Waals surface area contributed by atoms with Crippen molar-refractivity contribution in [2.24, 2.45) is 0 Å². The number of hydrogen-bond donors (Lipinski definition) is 2. The Kier molecular flexibility index (Phi) is 3.14. The monoisotopic (exact) mass is 212 g/mol. The van der Waals surface area contributed by atoms with Crippen LogP contribution >= 0.6 is 11.6 Å². The van der Waals surface area contributed by atoms with Crippen LogP contribution in [0.3, 0.4) is 0 Å². The van der Waals surface area contributed by atoms with E-state index in [4.69, 9.17) is 21.8 Å². The Labute approximate surface area is 86.3 Å². The predicted molar refractivity (Wildman–Crippen MR) is 54.4 cm³/mol. The second kappa shape index (κ2) is 4.15. The van der Waals surface area contributed by atoms with Crippen molar-refractivity contribution in [1.29, 1.82) is 0 Å². The molecule has 1 aromatic rings. The zero-order chi connectivity index (χ0) is 10.7. The van der Waals surface area contributed by atoms with Crippen LogP contribution < -0.4 is 0 Å². The minimum Gasteiger partial charge on any atom is -0.508 e. The summed E-state index contributed by atoms with van der Waals surface area (Å²) in [6, 6.07) is 4.37. The highest BCUT2D eigenvalue weighted by Gasteiger charge is 2.03. The molecule has 3 nitrogen and oxygen atoms in total. The zero-order valence-corrected chi connectivity index (χ0v) is 8.25. The Morgan fingerprint density at radius 2 is 2.14 bits per heavy atom. The lowest BCUT2D eigenvalue weighted by atomic mass is 10.1. The number of carboxylic acids is 1. The minimum absolute atomic E-state index is 0.0557. The van der Waals surface area contributed by atoms with Gasteiger partial charge in [-0.15, -0.1) is 0 Å².